The average molecular weight is 402 g/mol. The fraction of sp³-hybridized carbons (Fsp3) is 0.150. The van der Waals surface area contributed by atoms with Crippen LogP contribution in [-0.2, 0) is 9.53 Å². The topological polar surface area (TPSA) is 68.3 Å². The minimum Gasteiger partial charge on any atom is -0.449 e. The van der Waals surface area contributed by atoms with E-state index in [9.17, 15) is 18.4 Å². The number of benzene rings is 2. The van der Waals surface area contributed by atoms with Gasteiger partial charge in [0.15, 0.2) is 22.9 Å². The molecule has 0 radical (unpaired) electrons. The largest absolute Gasteiger partial charge is 0.449 e. The quantitative estimate of drug-likeness (QED) is 0.635. The van der Waals surface area contributed by atoms with Crippen LogP contribution < -0.4 is 5.32 Å². The maximum absolute atomic E-state index is 13.4. The van der Waals surface area contributed by atoms with Crippen LogP contribution in [0.2, 0.25) is 0 Å². The van der Waals surface area contributed by atoms with E-state index in [0.29, 0.717) is 16.8 Å². The number of ether oxygens (including phenoxy) is 1. The number of amides is 1. The van der Waals surface area contributed by atoms with Crippen LogP contribution in [0.3, 0.4) is 0 Å². The Labute approximate surface area is 164 Å². The van der Waals surface area contributed by atoms with Gasteiger partial charge in [-0.2, -0.15) is 0 Å². The normalized spacial score (nSPS) is 11.7. The molecular formula is C20H16F2N2O3S. The van der Waals surface area contributed by atoms with Crippen molar-refractivity contribution in [2.24, 2.45) is 0 Å². The first kappa shape index (κ1) is 19.6. The van der Waals surface area contributed by atoms with Gasteiger partial charge in [-0.15, -0.1) is 11.3 Å². The molecule has 0 saturated heterocycles. The molecule has 8 heteroatoms. The van der Waals surface area contributed by atoms with Crippen molar-refractivity contribution in [1.82, 2.24) is 4.98 Å². The lowest BCUT2D eigenvalue weighted by Crippen LogP contribution is -2.30. The maximum Gasteiger partial charge on any atom is 0.339 e. The summed E-state index contributed by atoms with van der Waals surface area (Å²) < 4.78 is 31.6. The summed E-state index contributed by atoms with van der Waals surface area (Å²) in [5.41, 5.74) is 1.91. The number of rotatable bonds is 5. The van der Waals surface area contributed by atoms with E-state index in [1.54, 1.807) is 36.6 Å². The van der Waals surface area contributed by atoms with Gasteiger partial charge in [0, 0.05) is 10.9 Å². The third kappa shape index (κ3) is 4.40. The fourth-order valence-corrected chi connectivity index (χ4v) is 3.13. The summed E-state index contributed by atoms with van der Waals surface area (Å²) in [5.74, 6) is -3.07. The SMILES string of the molecule is Cc1ccccc1C(=O)O[C@@H](C)C(=O)Nc1nc(-c2ccc(F)c(F)c2)cs1. The molecule has 0 fully saturated rings. The van der Waals surface area contributed by atoms with Crippen molar-refractivity contribution in [3.8, 4) is 11.3 Å². The predicted molar refractivity (Wildman–Crippen MR) is 102 cm³/mol. The number of nitrogens with one attached hydrogen (secondary N) is 1. The highest BCUT2D eigenvalue weighted by Crippen LogP contribution is 2.26. The third-order valence-corrected chi connectivity index (χ3v) is 4.73. The van der Waals surface area contributed by atoms with E-state index in [0.717, 1.165) is 29.0 Å². The van der Waals surface area contributed by atoms with Crippen molar-refractivity contribution in [3.05, 3.63) is 70.6 Å². The van der Waals surface area contributed by atoms with Gasteiger partial charge in [0.2, 0.25) is 0 Å². The highest BCUT2D eigenvalue weighted by Gasteiger charge is 2.21. The highest BCUT2D eigenvalue weighted by atomic mass is 32.1. The minimum atomic E-state index is -1.04. The molecule has 0 aliphatic heterocycles. The first-order valence-corrected chi connectivity index (χ1v) is 9.21. The minimum absolute atomic E-state index is 0.253. The third-order valence-electron chi connectivity index (χ3n) is 3.97. The molecule has 1 heterocycles. The molecule has 3 aromatic rings. The Hall–Kier alpha value is -3.13. The number of hydrogen-bond donors (Lipinski definition) is 1. The molecule has 1 amide bonds. The van der Waals surface area contributed by atoms with Gasteiger partial charge in [-0.25, -0.2) is 18.6 Å². The van der Waals surface area contributed by atoms with Crippen molar-refractivity contribution in [2.75, 3.05) is 5.32 Å². The fourth-order valence-electron chi connectivity index (χ4n) is 2.41. The number of carbonyl (C=O) groups is 2. The zero-order valence-electron chi connectivity index (χ0n) is 15.0. The Morgan fingerprint density at radius 1 is 1.14 bits per heavy atom. The summed E-state index contributed by atoms with van der Waals surface area (Å²) in [6.45, 7) is 3.23. The molecule has 3 rings (SSSR count). The molecule has 1 atom stereocenters. The van der Waals surface area contributed by atoms with Crippen LogP contribution in [0.25, 0.3) is 11.3 Å². The number of esters is 1. The summed E-state index contributed by atoms with van der Waals surface area (Å²) in [6.07, 6.45) is -1.04. The van der Waals surface area contributed by atoms with Crippen LogP contribution in [0, 0.1) is 18.6 Å². The first-order valence-electron chi connectivity index (χ1n) is 8.33. The maximum atomic E-state index is 13.4. The van der Waals surface area contributed by atoms with Crippen LogP contribution in [0.4, 0.5) is 13.9 Å². The summed E-state index contributed by atoms with van der Waals surface area (Å²) in [7, 11) is 0. The van der Waals surface area contributed by atoms with Gasteiger partial charge in [-0.05, 0) is 43.7 Å². The first-order chi connectivity index (χ1) is 13.3. The molecule has 1 aromatic heterocycles. The monoisotopic (exact) mass is 402 g/mol. The lowest BCUT2D eigenvalue weighted by Gasteiger charge is -2.13. The number of nitrogens with zero attached hydrogens (tertiary/aromatic N) is 1. The van der Waals surface area contributed by atoms with Crippen molar-refractivity contribution in [2.45, 2.75) is 20.0 Å². The molecule has 0 bridgehead atoms. The predicted octanol–water partition coefficient (Wildman–Crippen LogP) is 4.58. The van der Waals surface area contributed by atoms with E-state index < -0.39 is 29.6 Å². The van der Waals surface area contributed by atoms with Crippen molar-refractivity contribution < 1.29 is 23.1 Å². The number of carbonyl (C=O) groups excluding carboxylic acids is 2. The standard InChI is InChI=1S/C20H16F2N2O3S/c1-11-5-3-4-6-14(11)19(26)27-12(2)18(25)24-20-23-17(10-28-20)13-7-8-15(21)16(22)9-13/h3-10,12H,1-2H3,(H,23,24,25)/t12-/m0/s1. The second-order valence-corrected chi connectivity index (χ2v) is 6.88. The number of thiazole rings is 1. The number of aromatic nitrogens is 1. The van der Waals surface area contributed by atoms with Crippen molar-refractivity contribution in [3.63, 3.8) is 0 Å². The van der Waals surface area contributed by atoms with E-state index >= 15 is 0 Å². The van der Waals surface area contributed by atoms with Gasteiger partial charge < -0.3 is 4.74 Å². The van der Waals surface area contributed by atoms with Gasteiger partial charge in [0.25, 0.3) is 5.91 Å². The van der Waals surface area contributed by atoms with Crippen LogP contribution >= 0.6 is 11.3 Å². The van der Waals surface area contributed by atoms with Crippen molar-refractivity contribution >= 4 is 28.3 Å². The number of hydrogen-bond acceptors (Lipinski definition) is 5. The number of halogens is 2. The molecular weight excluding hydrogens is 386 g/mol. The molecule has 0 spiro atoms. The Balaban J connectivity index is 1.64. The highest BCUT2D eigenvalue weighted by molar-refractivity contribution is 7.14. The molecule has 28 heavy (non-hydrogen) atoms. The summed E-state index contributed by atoms with van der Waals surface area (Å²) in [6, 6.07) is 10.3. The molecule has 144 valence electrons. The Bertz CT molecular complexity index is 1040. The summed E-state index contributed by atoms with van der Waals surface area (Å²) in [4.78, 5) is 28.7. The molecule has 2 aromatic carbocycles. The number of anilines is 1. The molecule has 1 N–H and O–H groups in total. The van der Waals surface area contributed by atoms with E-state index in [1.807, 2.05) is 0 Å². The van der Waals surface area contributed by atoms with Crippen LogP contribution in [0.5, 0.6) is 0 Å². The molecule has 0 unspecified atom stereocenters. The van der Waals surface area contributed by atoms with E-state index in [1.165, 1.54) is 13.0 Å². The smallest absolute Gasteiger partial charge is 0.339 e. The molecule has 0 aliphatic carbocycles. The van der Waals surface area contributed by atoms with Crippen LogP contribution in [0.1, 0.15) is 22.8 Å². The lowest BCUT2D eigenvalue weighted by atomic mass is 10.1. The van der Waals surface area contributed by atoms with E-state index in [2.05, 4.69) is 10.3 Å². The lowest BCUT2D eigenvalue weighted by molar-refractivity contribution is -0.123. The van der Waals surface area contributed by atoms with Gasteiger partial charge in [-0.3, -0.25) is 10.1 Å². The number of aryl methyl sites for hydroxylation is 1. The van der Waals surface area contributed by atoms with Crippen LogP contribution in [-0.4, -0.2) is 23.0 Å². The summed E-state index contributed by atoms with van der Waals surface area (Å²) in [5, 5.41) is 4.41. The molecule has 5 nitrogen and oxygen atoms in total. The Morgan fingerprint density at radius 2 is 1.89 bits per heavy atom. The zero-order chi connectivity index (χ0) is 20.3. The molecule has 0 saturated carbocycles. The van der Waals surface area contributed by atoms with Crippen molar-refractivity contribution in [1.29, 1.82) is 0 Å². The van der Waals surface area contributed by atoms with Crippen LogP contribution in [0.15, 0.2) is 47.8 Å². The summed E-state index contributed by atoms with van der Waals surface area (Å²) >= 11 is 1.12. The van der Waals surface area contributed by atoms with E-state index in [-0.39, 0.29) is 5.13 Å². The van der Waals surface area contributed by atoms with Gasteiger partial charge >= 0.3 is 5.97 Å². The second-order valence-electron chi connectivity index (χ2n) is 6.02. The van der Waals surface area contributed by atoms with Gasteiger partial charge in [-0.1, -0.05) is 18.2 Å². The zero-order valence-corrected chi connectivity index (χ0v) is 15.8. The molecule has 0 aliphatic rings. The van der Waals surface area contributed by atoms with Gasteiger partial charge in [0.1, 0.15) is 0 Å². The van der Waals surface area contributed by atoms with E-state index in [4.69, 9.17) is 4.74 Å². The average Bonchev–Trinajstić information content (AvgIpc) is 3.12. The van der Waals surface area contributed by atoms with Gasteiger partial charge in [0.05, 0.1) is 11.3 Å². The second kappa shape index (κ2) is 8.26. The Kier molecular flexibility index (Phi) is 5.79. The Morgan fingerprint density at radius 3 is 2.61 bits per heavy atom.